The van der Waals surface area contributed by atoms with Crippen LogP contribution in [0, 0.1) is 0 Å². The van der Waals surface area contributed by atoms with Crippen molar-refractivity contribution >= 4 is 31.9 Å². The van der Waals surface area contributed by atoms with Crippen LogP contribution in [0.4, 0.5) is 0 Å². The van der Waals surface area contributed by atoms with Gasteiger partial charge in [0.25, 0.3) is 0 Å². The van der Waals surface area contributed by atoms with Crippen LogP contribution in [0.2, 0.25) is 0 Å². The summed E-state index contributed by atoms with van der Waals surface area (Å²) in [5.74, 6) is 0.888. The van der Waals surface area contributed by atoms with Crippen LogP contribution in [0.3, 0.4) is 0 Å². The molecule has 0 spiro atoms. The molecule has 0 aliphatic carbocycles. The van der Waals surface area contributed by atoms with Gasteiger partial charge in [-0.2, -0.15) is 0 Å². The van der Waals surface area contributed by atoms with Crippen molar-refractivity contribution in [2.24, 2.45) is 0 Å². The maximum absolute atomic E-state index is 5.26. The van der Waals surface area contributed by atoms with Gasteiger partial charge in [0.15, 0.2) is 0 Å². The molecule has 1 aromatic carbocycles. The molecule has 0 aliphatic heterocycles. The Labute approximate surface area is 126 Å². The largest absolute Gasteiger partial charge is 0.497 e. The molecule has 102 valence electrons. The molecular formula is C13H19Br2NO2. The Hall–Kier alpha value is -0.100. The normalized spacial score (nSPS) is 10.9. The zero-order valence-corrected chi connectivity index (χ0v) is 14.0. The van der Waals surface area contributed by atoms with Gasteiger partial charge < -0.3 is 9.47 Å². The lowest BCUT2D eigenvalue weighted by Gasteiger charge is -2.21. The molecule has 0 atom stereocenters. The first-order chi connectivity index (χ1) is 8.71. The van der Waals surface area contributed by atoms with Crippen molar-refractivity contribution in [3.05, 3.63) is 28.2 Å². The second-order valence-electron chi connectivity index (χ2n) is 3.92. The van der Waals surface area contributed by atoms with Crippen molar-refractivity contribution in [1.29, 1.82) is 0 Å². The Morgan fingerprint density at radius 2 is 2.00 bits per heavy atom. The van der Waals surface area contributed by atoms with E-state index in [1.165, 1.54) is 5.56 Å². The lowest BCUT2D eigenvalue weighted by molar-refractivity contribution is 0.148. The van der Waals surface area contributed by atoms with Crippen LogP contribution in [0.5, 0.6) is 5.75 Å². The topological polar surface area (TPSA) is 21.7 Å². The Morgan fingerprint density at radius 3 is 2.61 bits per heavy atom. The van der Waals surface area contributed by atoms with E-state index in [0.717, 1.165) is 41.8 Å². The van der Waals surface area contributed by atoms with E-state index >= 15 is 0 Å². The summed E-state index contributed by atoms with van der Waals surface area (Å²) in [5.41, 5.74) is 1.23. The molecule has 0 unspecified atom stereocenters. The minimum absolute atomic E-state index is 0.745. The van der Waals surface area contributed by atoms with Crippen LogP contribution in [0.25, 0.3) is 0 Å². The summed E-state index contributed by atoms with van der Waals surface area (Å²) in [6.07, 6.45) is 0. The van der Waals surface area contributed by atoms with E-state index in [4.69, 9.17) is 9.47 Å². The Kier molecular flexibility index (Phi) is 7.90. The molecule has 5 heteroatoms. The number of rotatable bonds is 8. The van der Waals surface area contributed by atoms with Crippen LogP contribution < -0.4 is 4.74 Å². The number of ether oxygens (including phenoxy) is 2. The third-order valence-corrected chi connectivity index (χ3v) is 3.79. The van der Waals surface area contributed by atoms with Gasteiger partial charge in [-0.3, -0.25) is 4.90 Å². The Balaban J connectivity index is 2.72. The summed E-state index contributed by atoms with van der Waals surface area (Å²) in [5, 5.41) is 0.957. The van der Waals surface area contributed by atoms with Gasteiger partial charge >= 0.3 is 0 Å². The summed E-state index contributed by atoms with van der Waals surface area (Å²) >= 11 is 7.07. The number of nitrogens with zero attached hydrogens (tertiary/aromatic N) is 1. The fourth-order valence-corrected chi connectivity index (χ4v) is 2.52. The molecule has 18 heavy (non-hydrogen) atoms. The van der Waals surface area contributed by atoms with E-state index in [1.54, 1.807) is 14.2 Å². The first-order valence-electron chi connectivity index (χ1n) is 5.81. The molecule has 0 fully saturated rings. The standard InChI is InChI=1S/C13H19Br2NO2/c1-17-8-7-16(6-5-14)10-11-9-12(18-2)3-4-13(11)15/h3-4,9H,5-8,10H2,1-2H3. The van der Waals surface area contributed by atoms with E-state index in [2.05, 4.69) is 42.8 Å². The molecule has 0 bridgehead atoms. The van der Waals surface area contributed by atoms with Gasteiger partial charge in [-0.05, 0) is 23.8 Å². The van der Waals surface area contributed by atoms with Gasteiger partial charge in [0.2, 0.25) is 0 Å². The molecule has 1 aromatic rings. The van der Waals surface area contributed by atoms with Crippen molar-refractivity contribution in [2.45, 2.75) is 6.54 Å². The molecule has 0 amide bonds. The molecule has 0 radical (unpaired) electrons. The minimum Gasteiger partial charge on any atom is -0.497 e. The number of benzene rings is 1. The van der Waals surface area contributed by atoms with Crippen molar-refractivity contribution in [1.82, 2.24) is 4.90 Å². The molecule has 0 saturated carbocycles. The fourth-order valence-electron chi connectivity index (χ4n) is 1.65. The maximum Gasteiger partial charge on any atom is 0.119 e. The highest BCUT2D eigenvalue weighted by Gasteiger charge is 2.09. The molecule has 1 rings (SSSR count). The smallest absolute Gasteiger partial charge is 0.119 e. The second-order valence-corrected chi connectivity index (χ2v) is 5.56. The molecule has 3 nitrogen and oxygen atoms in total. The SMILES string of the molecule is COCCN(CCBr)Cc1cc(OC)ccc1Br. The number of alkyl halides is 1. The Morgan fingerprint density at radius 1 is 1.22 bits per heavy atom. The number of hydrogen-bond acceptors (Lipinski definition) is 3. The van der Waals surface area contributed by atoms with Gasteiger partial charge in [0, 0.05) is 36.5 Å². The molecule has 0 aromatic heterocycles. The third kappa shape index (κ3) is 5.26. The van der Waals surface area contributed by atoms with Gasteiger partial charge in [-0.15, -0.1) is 0 Å². The highest BCUT2D eigenvalue weighted by molar-refractivity contribution is 9.10. The van der Waals surface area contributed by atoms with E-state index in [1.807, 2.05) is 12.1 Å². The second kappa shape index (κ2) is 8.91. The quantitative estimate of drug-likeness (QED) is 0.646. The average molecular weight is 381 g/mol. The lowest BCUT2D eigenvalue weighted by atomic mass is 10.2. The number of hydrogen-bond donors (Lipinski definition) is 0. The van der Waals surface area contributed by atoms with E-state index in [-0.39, 0.29) is 0 Å². The van der Waals surface area contributed by atoms with Crippen LogP contribution >= 0.6 is 31.9 Å². The maximum atomic E-state index is 5.26. The van der Waals surface area contributed by atoms with E-state index < -0.39 is 0 Å². The highest BCUT2D eigenvalue weighted by Crippen LogP contribution is 2.23. The van der Waals surface area contributed by atoms with Crippen molar-refractivity contribution in [3.8, 4) is 5.75 Å². The monoisotopic (exact) mass is 379 g/mol. The Bertz CT molecular complexity index is 361. The molecule has 0 saturated heterocycles. The predicted molar refractivity (Wildman–Crippen MR) is 81.6 cm³/mol. The van der Waals surface area contributed by atoms with Crippen molar-refractivity contribution < 1.29 is 9.47 Å². The fraction of sp³-hybridized carbons (Fsp3) is 0.538. The van der Waals surface area contributed by atoms with E-state index in [9.17, 15) is 0 Å². The van der Waals surface area contributed by atoms with Crippen LogP contribution in [-0.2, 0) is 11.3 Å². The summed E-state index contributed by atoms with van der Waals surface area (Å²) in [4.78, 5) is 2.35. The van der Waals surface area contributed by atoms with Gasteiger partial charge in [0.05, 0.1) is 13.7 Å². The highest BCUT2D eigenvalue weighted by atomic mass is 79.9. The first-order valence-corrected chi connectivity index (χ1v) is 7.72. The molecule has 0 heterocycles. The summed E-state index contributed by atoms with van der Waals surface area (Å²) < 4.78 is 11.5. The zero-order valence-electron chi connectivity index (χ0n) is 10.8. The third-order valence-electron chi connectivity index (χ3n) is 2.66. The first kappa shape index (κ1) is 16.0. The minimum atomic E-state index is 0.745. The van der Waals surface area contributed by atoms with Crippen molar-refractivity contribution in [3.63, 3.8) is 0 Å². The lowest BCUT2D eigenvalue weighted by Crippen LogP contribution is -2.29. The predicted octanol–water partition coefficient (Wildman–Crippen LogP) is 3.30. The van der Waals surface area contributed by atoms with Gasteiger partial charge in [0.1, 0.15) is 5.75 Å². The molecule has 0 N–H and O–H groups in total. The van der Waals surface area contributed by atoms with Gasteiger partial charge in [-0.1, -0.05) is 31.9 Å². The average Bonchev–Trinajstić information content (AvgIpc) is 2.38. The molecular weight excluding hydrogens is 362 g/mol. The molecule has 0 aliphatic rings. The van der Waals surface area contributed by atoms with Crippen molar-refractivity contribution in [2.75, 3.05) is 39.2 Å². The van der Waals surface area contributed by atoms with Crippen LogP contribution in [-0.4, -0.2) is 44.1 Å². The van der Waals surface area contributed by atoms with E-state index in [0.29, 0.717) is 0 Å². The number of halogens is 2. The zero-order chi connectivity index (χ0) is 13.4. The summed E-state index contributed by atoms with van der Waals surface area (Å²) in [6.45, 7) is 3.54. The van der Waals surface area contributed by atoms with Crippen LogP contribution in [0.1, 0.15) is 5.56 Å². The summed E-state index contributed by atoms with van der Waals surface area (Å²) in [7, 11) is 3.42. The van der Waals surface area contributed by atoms with Gasteiger partial charge in [-0.25, -0.2) is 0 Å². The summed E-state index contributed by atoms with van der Waals surface area (Å²) in [6, 6.07) is 6.05. The van der Waals surface area contributed by atoms with Crippen LogP contribution in [0.15, 0.2) is 22.7 Å². The number of methoxy groups -OCH3 is 2.